The Bertz CT molecular complexity index is 579. The van der Waals surface area contributed by atoms with Gasteiger partial charge in [0.15, 0.2) is 17.1 Å². The Balaban J connectivity index is 2.37. The molecule has 0 aliphatic rings. The van der Waals surface area contributed by atoms with Crippen molar-refractivity contribution in [3.8, 4) is 5.75 Å². The lowest BCUT2D eigenvalue weighted by molar-refractivity contribution is -0.142. The molecule has 0 atom stereocenters. The number of nitrogens with zero attached hydrogens (tertiary/aromatic N) is 1. The summed E-state index contributed by atoms with van der Waals surface area (Å²) in [7, 11) is 1.36. The van der Waals surface area contributed by atoms with Crippen LogP contribution in [0.2, 0.25) is 0 Å². The average Bonchev–Trinajstić information content (AvgIpc) is 2.70. The highest BCUT2D eigenvalue weighted by atomic mass is 19.1. The Morgan fingerprint density at radius 3 is 2.94 bits per heavy atom. The number of aromatic nitrogens is 1. The summed E-state index contributed by atoms with van der Waals surface area (Å²) < 4.78 is 28.1. The molecule has 0 spiro atoms. The zero-order valence-corrected chi connectivity index (χ0v) is 10.0. The molecule has 5 nitrogen and oxygen atoms in total. The summed E-state index contributed by atoms with van der Waals surface area (Å²) in [6, 6.07) is 2.63. The van der Waals surface area contributed by atoms with Crippen LogP contribution in [0.15, 0.2) is 16.7 Å². The van der Waals surface area contributed by atoms with E-state index in [-0.39, 0.29) is 17.8 Å². The van der Waals surface area contributed by atoms with Crippen LogP contribution in [-0.2, 0) is 16.0 Å². The number of esters is 1. The van der Waals surface area contributed by atoms with Gasteiger partial charge in [-0.15, -0.1) is 0 Å². The van der Waals surface area contributed by atoms with E-state index >= 15 is 0 Å². The minimum Gasteiger partial charge on any atom is -0.494 e. The maximum absolute atomic E-state index is 13.4. The van der Waals surface area contributed by atoms with E-state index in [0.717, 1.165) is 0 Å². The molecule has 0 saturated carbocycles. The van der Waals surface area contributed by atoms with Crippen LogP contribution >= 0.6 is 0 Å². The van der Waals surface area contributed by atoms with E-state index < -0.39 is 11.8 Å². The van der Waals surface area contributed by atoms with Crippen molar-refractivity contribution < 1.29 is 23.2 Å². The molecular formula is C12H12FNO4. The molecule has 0 bridgehead atoms. The fourth-order valence-electron chi connectivity index (χ4n) is 1.62. The topological polar surface area (TPSA) is 61.6 Å². The van der Waals surface area contributed by atoms with Gasteiger partial charge in [0.1, 0.15) is 5.69 Å². The van der Waals surface area contributed by atoms with Crippen molar-refractivity contribution >= 4 is 16.9 Å². The largest absolute Gasteiger partial charge is 0.494 e. The van der Waals surface area contributed by atoms with E-state index in [1.54, 1.807) is 6.92 Å². The van der Waals surface area contributed by atoms with E-state index in [9.17, 15) is 9.18 Å². The second kappa shape index (κ2) is 5.03. The van der Waals surface area contributed by atoms with E-state index in [0.29, 0.717) is 17.7 Å². The number of rotatable bonds is 4. The molecule has 96 valence electrons. The first-order valence-electron chi connectivity index (χ1n) is 5.43. The first-order valence-corrected chi connectivity index (χ1v) is 5.43. The summed E-state index contributed by atoms with van der Waals surface area (Å²) in [4.78, 5) is 11.4. The van der Waals surface area contributed by atoms with Crippen LogP contribution < -0.4 is 4.74 Å². The maximum atomic E-state index is 13.4. The molecule has 0 aliphatic carbocycles. The van der Waals surface area contributed by atoms with Gasteiger partial charge in [-0.2, -0.15) is 0 Å². The number of halogens is 1. The van der Waals surface area contributed by atoms with Crippen molar-refractivity contribution in [1.82, 2.24) is 5.16 Å². The number of carbonyl (C=O) groups excluding carboxylic acids is 1. The summed E-state index contributed by atoms with van der Waals surface area (Å²) in [6.07, 6.45) is -0.0182. The van der Waals surface area contributed by atoms with Crippen LogP contribution in [0.5, 0.6) is 5.75 Å². The van der Waals surface area contributed by atoms with Gasteiger partial charge in [-0.05, 0) is 13.0 Å². The summed E-state index contributed by atoms with van der Waals surface area (Å²) in [5.41, 5.74) is 0.675. The Morgan fingerprint density at radius 1 is 1.50 bits per heavy atom. The molecule has 0 amide bonds. The van der Waals surface area contributed by atoms with Gasteiger partial charge >= 0.3 is 5.97 Å². The predicted octanol–water partition coefficient (Wildman–Crippen LogP) is 2.08. The van der Waals surface area contributed by atoms with Gasteiger partial charge in [0.25, 0.3) is 0 Å². The lowest BCUT2D eigenvalue weighted by Gasteiger charge is -2.01. The molecule has 0 unspecified atom stereocenters. The monoisotopic (exact) mass is 253 g/mol. The first-order chi connectivity index (χ1) is 8.65. The maximum Gasteiger partial charge on any atom is 0.312 e. The first kappa shape index (κ1) is 12.3. The number of methoxy groups -OCH3 is 1. The standard InChI is InChI=1S/C12H12FNO4/c1-3-17-12(15)6-9-7-4-11(16-2)8(13)5-10(7)18-14-9/h4-5H,3,6H2,1-2H3. The molecule has 1 heterocycles. The lowest BCUT2D eigenvalue weighted by atomic mass is 10.1. The minimum atomic E-state index is -0.538. The quantitative estimate of drug-likeness (QED) is 0.781. The number of carbonyl (C=O) groups is 1. The van der Waals surface area contributed by atoms with Crippen LogP contribution in [0.25, 0.3) is 11.0 Å². The number of fused-ring (bicyclic) bond motifs is 1. The summed E-state index contributed by atoms with van der Waals surface area (Å²) in [5.74, 6) is -0.865. The van der Waals surface area contributed by atoms with Gasteiger partial charge in [0, 0.05) is 11.5 Å². The summed E-state index contributed by atoms with van der Waals surface area (Å²) >= 11 is 0. The zero-order valence-electron chi connectivity index (χ0n) is 10.0. The van der Waals surface area contributed by atoms with Crippen LogP contribution in [0.4, 0.5) is 4.39 Å². The molecule has 2 rings (SSSR count). The van der Waals surface area contributed by atoms with Crippen LogP contribution in [0.3, 0.4) is 0 Å². The Labute approximate surface area is 102 Å². The smallest absolute Gasteiger partial charge is 0.312 e. The Hall–Kier alpha value is -2.11. The molecule has 18 heavy (non-hydrogen) atoms. The third-order valence-corrected chi connectivity index (χ3v) is 2.44. The van der Waals surface area contributed by atoms with Crippen molar-refractivity contribution in [1.29, 1.82) is 0 Å². The molecule has 0 radical (unpaired) electrons. The van der Waals surface area contributed by atoms with Crippen LogP contribution in [-0.4, -0.2) is 24.8 Å². The molecule has 1 aromatic carbocycles. The van der Waals surface area contributed by atoms with Crippen molar-refractivity contribution in [3.05, 3.63) is 23.6 Å². The zero-order chi connectivity index (χ0) is 13.1. The van der Waals surface area contributed by atoms with Gasteiger partial charge in [0.05, 0.1) is 20.1 Å². The molecule has 1 aromatic heterocycles. The fraction of sp³-hybridized carbons (Fsp3) is 0.333. The van der Waals surface area contributed by atoms with Crippen LogP contribution in [0, 0.1) is 5.82 Å². The van der Waals surface area contributed by atoms with E-state index in [4.69, 9.17) is 14.0 Å². The molecule has 6 heteroatoms. The molecular weight excluding hydrogens is 241 g/mol. The molecule has 0 fully saturated rings. The second-order valence-electron chi connectivity index (χ2n) is 3.59. The van der Waals surface area contributed by atoms with E-state index in [1.807, 2.05) is 0 Å². The summed E-state index contributed by atoms with van der Waals surface area (Å²) in [5, 5.41) is 4.28. The highest BCUT2D eigenvalue weighted by Crippen LogP contribution is 2.27. The van der Waals surface area contributed by atoms with Crippen LogP contribution in [0.1, 0.15) is 12.6 Å². The summed E-state index contributed by atoms with van der Waals surface area (Å²) in [6.45, 7) is 2.02. The van der Waals surface area contributed by atoms with Gasteiger partial charge in [-0.3, -0.25) is 4.79 Å². The number of hydrogen-bond acceptors (Lipinski definition) is 5. The normalized spacial score (nSPS) is 10.6. The van der Waals surface area contributed by atoms with Crippen molar-refractivity contribution in [2.75, 3.05) is 13.7 Å². The average molecular weight is 253 g/mol. The van der Waals surface area contributed by atoms with E-state index in [1.165, 1.54) is 19.2 Å². The molecule has 0 aliphatic heterocycles. The fourth-order valence-corrected chi connectivity index (χ4v) is 1.62. The third-order valence-electron chi connectivity index (χ3n) is 2.44. The van der Waals surface area contributed by atoms with Gasteiger partial charge < -0.3 is 14.0 Å². The van der Waals surface area contributed by atoms with Gasteiger partial charge in [-0.25, -0.2) is 4.39 Å². The highest BCUT2D eigenvalue weighted by molar-refractivity contribution is 5.85. The van der Waals surface area contributed by atoms with E-state index in [2.05, 4.69) is 5.16 Å². The lowest BCUT2D eigenvalue weighted by Crippen LogP contribution is -2.07. The van der Waals surface area contributed by atoms with Crippen molar-refractivity contribution in [2.45, 2.75) is 13.3 Å². The molecule has 0 N–H and O–H groups in total. The Kier molecular flexibility index (Phi) is 3.45. The number of hydrogen-bond donors (Lipinski definition) is 0. The highest BCUT2D eigenvalue weighted by Gasteiger charge is 2.16. The minimum absolute atomic E-state index is 0.0182. The third kappa shape index (κ3) is 2.27. The van der Waals surface area contributed by atoms with Crippen molar-refractivity contribution in [2.24, 2.45) is 0 Å². The number of benzene rings is 1. The second-order valence-corrected chi connectivity index (χ2v) is 3.59. The molecule has 0 saturated heterocycles. The number of ether oxygens (including phenoxy) is 2. The van der Waals surface area contributed by atoms with Gasteiger partial charge in [0.2, 0.25) is 0 Å². The molecule has 2 aromatic rings. The van der Waals surface area contributed by atoms with Gasteiger partial charge in [-0.1, -0.05) is 5.16 Å². The van der Waals surface area contributed by atoms with Crippen molar-refractivity contribution in [3.63, 3.8) is 0 Å². The predicted molar refractivity (Wildman–Crippen MR) is 60.9 cm³/mol. The SMILES string of the molecule is CCOC(=O)Cc1noc2cc(F)c(OC)cc12. The Morgan fingerprint density at radius 2 is 2.28 bits per heavy atom.